The van der Waals surface area contributed by atoms with E-state index in [0.717, 1.165) is 88.1 Å². The van der Waals surface area contributed by atoms with Crippen molar-refractivity contribution in [3.8, 4) is 0 Å². The van der Waals surface area contributed by atoms with Crippen LogP contribution in [0.15, 0.2) is 153 Å². The molecule has 3 fully saturated rings. The molecule has 3 aliphatic rings. The number of carbonyl (C=O) groups excluding carboxylic acids is 9. The Balaban J connectivity index is 0.000000173. The second kappa shape index (κ2) is 38.5. The third-order valence-electron chi connectivity index (χ3n) is 19.9. The Hall–Kier alpha value is -11.8. The van der Waals surface area contributed by atoms with Crippen molar-refractivity contribution < 1.29 is 43.2 Å². The van der Waals surface area contributed by atoms with Crippen molar-refractivity contribution in [3.05, 3.63) is 187 Å². The van der Waals surface area contributed by atoms with Gasteiger partial charge in [0, 0.05) is 118 Å². The fourth-order valence-corrected chi connectivity index (χ4v) is 14.3. The van der Waals surface area contributed by atoms with Crippen LogP contribution in [0.3, 0.4) is 0 Å². The first kappa shape index (κ1) is 78.8. The molecule has 0 spiro atoms. The average molecular weight is 1470 g/mol. The van der Waals surface area contributed by atoms with E-state index >= 15 is 0 Å². The molecule has 108 heavy (non-hydrogen) atoms. The Morgan fingerprint density at radius 3 is 1.15 bits per heavy atom. The van der Waals surface area contributed by atoms with Gasteiger partial charge in [-0.15, -0.1) is 13.2 Å². The van der Waals surface area contributed by atoms with E-state index in [2.05, 4.69) is 59.0 Å². The number of benzene rings is 3. The van der Waals surface area contributed by atoms with E-state index in [9.17, 15) is 43.2 Å². The molecule has 566 valence electrons. The van der Waals surface area contributed by atoms with Crippen LogP contribution in [0, 0.1) is 0 Å². The van der Waals surface area contributed by atoms with Gasteiger partial charge in [0.15, 0.2) is 0 Å². The smallest absolute Gasteiger partial charge is 0.259 e. The van der Waals surface area contributed by atoms with Crippen LogP contribution < -0.4 is 38.9 Å². The summed E-state index contributed by atoms with van der Waals surface area (Å²) in [6.07, 6.45) is 31.5. The lowest BCUT2D eigenvalue weighted by atomic mass is 9.93. The number of aromatic nitrogens is 9. The number of nitrogens with one attached hydrogen (secondary N) is 3. The number of pyridine rings is 3. The number of hydrogen-bond donors (Lipinski definition) is 7. The van der Waals surface area contributed by atoms with Gasteiger partial charge in [-0.1, -0.05) is 69.9 Å². The summed E-state index contributed by atoms with van der Waals surface area (Å²) < 4.78 is 5.37. The zero-order valence-electron chi connectivity index (χ0n) is 61.2. The number of nitrogens with two attached hydrogens (primary N) is 4. The highest BCUT2D eigenvalue weighted by Gasteiger charge is 2.31. The average Bonchev–Trinajstić information content (AvgIpc) is 1.40. The molecule has 3 aliphatic carbocycles. The molecule has 28 heteroatoms. The van der Waals surface area contributed by atoms with Gasteiger partial charge < -0.3 is 51.3 Å². The quantitative estimate of drug-likeness (QED) is 0.0169. The molecule has 9 amide bonds. The lowest BCUT2D eigenvalue weighted by Crippen LogP contribution is -2.41. The molecule has 6 aromatic heterocycles. The van der Waals surface area contributed by atoms with E-state index in [1.807, 2.05) is 55.0 Å². The van der Waals surface area contributed by atoms with Crippen molar-refractivity contribution in [1.29, 1.82) is 0 Å². The number of hydrogen-bond acceptors (Lipinski definition) is 16. The molecular weight excluding hydrogens is 1370 g/mol. The summed E-state index contributed by atoms with van der Waals surface area (Å²) in [4.78, 5) is 144. The number of imidazole rings is 3. The molecule has 28 nitrogen and oxygen atoms in total. The third kappa shape index (κ3) is 20.4. The molecule has 3 aromatic carbocycles. The van der Waals surface area contributed by atoms with Crippen LogP contribution in [0.25, 0.3) is 33.1 Å². The highest BCUT2D eigenvalue weighted by atomic mass is 16.2. The number of unbranched alkanes of at least 4 members (excludes halogenated alkanes) is 1. The Morgan fingerprint density at radius 2 is 0.806 bits per heavy atom. The first-order valence-corrected chi connectivity index (χ1v) is 37.3. The van der Waals surface area contributed by atoms with E-state index < -0.39 is 17.9 Å². The molecule has 11 N–H and O–H groups in total. The second-order valence-corrected chi connectivity index (χ2v) is 27.4. The zero-order chi connectivity index (χ0) is 76.6. The number of amides is 9. The summed E-state index contributed by atoms with van der Waals surface area (Å²) >= 11 is 0. The monoisotopic (exact) mass is 1470 g/mol. The first-order chi connectivity index (χ1) is 52.3. The first-order valence-electron chi connectivity index (χ1n) is 37.3. The number of primary amides is 3. The van der Waals surface area contributed by atoms with Crippen LogP contribution in [-0.4, -0.2) is 155 Å². The van der Waals surface area contributed by atoms with Gasteiger partial charge in [0.25, 0.3) is 35.4 Å². The Bertz CT molecular complexity index is 4660. The van der Waals surface area contributed by atoms with E-state index in [1.165, 1.54) is 37.9 Å². The zero-order valence-corrected chi connectivity index (χ0v) is 61.2. The van der Waals surface area contributed by atoms with Gasteiger partial charge >= 0.3 is 0 Å². The summed E-state index contributed by atoms with van der Waals surface area (Å²) in [5.74, 6) is -1.69. The number of aryl methyl sites for hydroxylation is 2. The number of anilines is 3. The standard InChI is InChI=1S/C28H34N6O3.C26H31N7O3.C26H32N6O3/c1-2-16-33(22-10-4-3-5-11-22)27(37)20-13-14-24-23(18-20)31-28(34(24)17-7-6-12-25(29)35)32-26(36)21-9-8-15-30-19-21;1-2-13-32(19-8-4-3-5-9-19)25(36)17-10-11-22-21(14-17)30-26(33(22)16-20(27)23(28)34)31-24(35)18-7-6-12-29-15-18;1-2-31(20-9-4-3-5-10-20)25(35)18-12-13-22-21(16-18)29-26(32(22)15-7-11-23(27)33)30-24(34)19-8-6-14-28-17-19/h2,8-9,13-15,18-19,22H,1,3-7,10-12,16-17H2,(H2,29,35)(H,31,32,36);2,6-7,10-12,14-15,19-20H,1,3-5,8-9,13,16,27H2,(H2,28,34)(H,30,31,35);6,8,12-14,16-17,20H,2-5,7,9-11,15H2,1H3,(H2,27,33)(H,29,30,34)/t;20-;/m.0./s1. The van der Waals surface area contributed by atoms with Crippen LogP contribution >= 0.6 is 0 Å². The van der Waals surface area contributed by atoms with Crippen molar-refractivity contribution >= 4 is 104 Å². The van der Waals surface area contributed by atoms with Gasteiger partial charge in [0.1, 0.15) is 6.04 Å². The summed E-state index contributed by atoms with van der Waals surface area (Å²) in [6, 6.07) is 25.8. The Morgan fingerprint density at radius 1 is 0.463 bits per heavy atom. The molecule has 9 aromatic rings. The predicted molar refractivity (Wildman–Crippen MR) is 414 cm³/mol. The molecule has 0 aliphatic heterocycles. The SMILES string of the molecule is C=CCN(C(=O)c1ccc2c(c1)nc(NC(=O)c1cccnc1)n2CCCCC(N)=O)C1CCCCC1.C=CCN(C(=O)c1ccc2c(c1)nc(NC(=O)c1cccnc1)n2C[C@H](N)C(N)=O)C1CCCCC1.CCN(C(=O)c1ccc2c(c1)nc(NC(=O)c1cccnc1)n2CCCC(N)=O)C1CCCCC1. The van der Waals surface area contributed by atoms with Crippen LogP contribution in [0.5, 0.6) is 0 Å². The van der Waals surface area contributed by atoms with E-state index in [1.54, 1.807) is 102 Å². The van der Waals surface area contributed by atoms with Crippen LogP contribution in [0.2, 0.25) is 0 Å². The van der Waals surface area contributed by atoms with Crippen molar-refractivity contribution in [3.63, 3.8) is 0 Å². The molecule has 1 atom stereocenters. The minimum Gasteiger partial charge on any atom is -0.370 e. The molecule has 6 heterocycles. The molecular formula is C80H97N19O9. The summed E-state index contributed by atoms with van der Waals surface area (Å²) in [6.45, 7) is 12.3. The molecule has 0 unspecified atom stereocenters. The minimum atomic E-state index is -0.993. The van der Waals surface area contributed by atoms with Crippen LogP contribution in [0.1, 0.15) is 197 Å². The van der Waals surface area contributed by atoms with Crippen molar-refractivity contribution in [2.45, 2.75) is 179 Å². The maximum absolute atomic E-state index is 13.5. The van der Waals surface area contributed by atoms with Gasteiger partial charge in [0.05, 0.1) is 56.3 Å². The van der Waals surface area contributed by atoms with Crippen LogP contribution in [0.4, 0.5) is 17.8 Å². The summed E-state index contributed by atoms with van der Waals surface area (Å²) in [7, 11) is 0. The molecule has 0 saturated heterocycles. The number of rotatable bonds is 29. The van der Waals surface area contributed by atoms with E-state index in [-0.39, 0.29) is 78.4 Å². The molecule has 0 bridgehead atoms. The van der Waals surface area contributed by atoms with Crippen molar-refractivity contribution in [2.24, 2.45) is 22.9 Å². The number of fused-ring (bicyclic) bond motifs is 3. The van der Waals surface area contributed by atoms with Gasteiger partial charge in [0.2, 0.25) is 35.6 Å². The Labute approximate surface area is 627 Å². The topological polar surface area (TPSA) is 396 Å². The van der Waals surface area contributed by atoms with E-state index in [0.29, 0.717) is 126 Å². The van der Waals surface area contributed by atoms with E-state index in [4.69, 9.17) is 22.9 Å². The number of carbonyl (C=O) groups is 9. The number of nitrogens with zero attached hydrogens (tertiary/aromatic N) is 12. The maximum atomic E-state index is 13.5. The van der Waals surface area contributed by atoms with Gasteiger partial charge in [-0.2, -0.15) is 0 Å². The highest BCUT2D eigenvalue weighted by molar-refractivity contribution is 6.07. The molecule has 12 rings (SSSR count). The van der Waals surface area contributed by atoms with Crippen molar-refractivity contribution in [1.82, 2.24) is 58.3 Å². The Kier molecular flexibility index (Phi) is 28.0. The maximum Gasteiger partial charge on any atom is 0.259 e. The normalized spacial score (nSPS) is 14.2. The molecule has 3 saturated carbocycles. The molecule has 0 radical (unpaired) electrons. The lowest BCUT2D eigenvalue weighted by Gasteiger charge is -2.33. The highest BCUT2D eigenvalue weighted by Crippen LogP contribution is 2.32. The minimum absolute atomic E-state index is 0.00511. The third-order valence-corrected chi connectivity index (χ3v) is 19.9. The van der Waals surface area contributed by atoms with Gasteiger partial charge in [-0.3, -0.25) is 74.1 Å². The largest absolute Gasteiger partial charge is 0.370 e. The van der Waals surface area contributed by atoms with Gasteiger partial charge in [-0.05, 0) is 156 Å². The summed E-state index contributed by atoms with van der Waals surface area (Å²) in [5, 5.41) is 8.49. The fourth-order valence-electron chi connectivity index (χ4n) is 14.3. The van der Waals surface area contributed by atoms with Gasteiger partial charge in [-0.25, -0.2) is 15.0 Å². The predicted octanol–water partition coefficient (Wildman–Crippen LogP) is 10.5. The van der Waals surface area contributed by atoms with Crippen molar-refractivity contribution in [2.75, 3.05) is 35.6 Å². The lowest BCUT2D eigenvalue weighted by molar-refractivity contribution is -0.120. The van der Waals surface area contributed by atoms with Crippen LogP contribution in [-0.2, 0) is 34.0 Å². The second-order valence-electron chi connectivity index (χ2n) is 27.4. The summed E-state index contributed by atoms with van der Waals surface area (Å²) in [5.41, 5.74) is 28.6. The fraction of sp³-hybridized carbons (Fsp3) is 0.388.